The number of hydrogen-bond acceptors (Lipinski definition) is 6. The van der Waals surface area contributed by atoms with Crippen LogP contribution in [0.3, 0.4) is 0 Å². The van der Waals surface area contributed by atoms with Crippen LogP contribution in [0.5, 0.6) is 0 Å². The smallest absolute Gasteiger partial charge is 0.328 e. The number of carboxylic acids is 1. The van der Waals surface area contributed by atoms with Crippen molar-refractivity contribution in [1.82, 2.24) is 10.1 Å². The summed E-state index contributed by atoms with van der Waals surface area (Å²) < 4.78 is 4.86. The maximum Gasteiger partial charge on any atom is 0.328 e. The second-order valence-corrected chi connectivity index (χ2v) is 4.40. The van der Waals surface area contributed by atoms with E-state index in [2.05, 4.69) is 15.1 Å². The Bertz CT molecular complexity index is 548. The standard InChI is InChI=1S/C11H11N3O3S/c1-7-2-8(14-17-7)4-12-10(11(15)16)3-9-5-18-6-13-9/h2,4-6,10H,3H2,1H3,(H,15,16). The number of aliphatic imine (C=N–C) groups is 1. The topological polar surface area (TPSA) is 88.6 Å². The molecule has 18 heavy (non-hydrogen) atoms. The normalized spacial score (nSPS) is 12.9. The van der Waals surface area contributed by atoms with E-state index in [-0.39, 0.29) is 6.42 Å². The summed E-state index contributed by atoms with van der Waals surface area (Å²) in [5, 5.41) is 14.6. The van der Waals surface area contributed by atoms with Crippen LogP contribution in [0.1, 0.15) is 17.1 Å². The Morgan fingerprint density at radius 3 is 3.11 bits per heavy atom. The van der Waals surface area contributed by atoms with Crippen LogP contribution < -0.4 is 0 Å². The molecule has 1 atom stereocenters. The van der Waals surface area contributed by atoms with Crippen LogP contribution in [0.2, 0.25) is 0 Å². The van der Waals surface area contributed by atoms with Gasteiger partial charge in [0.25, 0.3) is 0 Å². The lowest BCUT2D eigenvalue weighted by molar-refractivity contribution is -0.138. The third-order valence-corrected chi connectivity index (χ3v) is 2.84. The molecule has 7 heteroatoms. The van der Waals surface area contributed by atoms with Crippen LogP contribution >= 0.6 is 11.3 Å². The van der Waals surface area contributed by atoms with Crippen LogP contribution in [-0.2, 0) is 11.2 Å². The summed E-state index contributed by atoms with van der Waals surface area (Å²) in [5.74, 6) is -0.331. The second kappa shape index (κ2) is 5.54. The van der Waals surface area contributed by atoms with Crippen LogP contribution in [-0.4, -0.2) is 33.5 Å². The highest BCUT2D eigenvalue weighted by atomic mass is 32.1. The van der Waals surface area contributed by atoms with Crippen molar-refractivity contribution in [2.75, 3.05) is 0 Å². The summed E-state index contributed by atoms with van der Waals surface area (Å²) in [7, 11) is 0. The number of aromatic nitrogens is 2. The van der Waals surface area contributed by atoms with E-state index in [0.29, 0.717) is 11.5 Å². The molecule has 2 rings (SSSR count). The van der Waals surface area contributed by atoms with E-state index >= 15 is 0 Å². The van der Waals surface area contributed by atoms with Crippen molar-refractivity contribution in [3.8, 4) is 0 Å². The lowest BCUT2D eigenvalue weighted by Gasteiger charge is -2.03. The number of hydrogen-bond donors (Lipinski definition) is 1. The molecule has 0 amide bonds. The van der Waals surface area contributed by atoms with Crippen LogP contribution in [0.4, 0.5) is 0 Å². The molecule has 0 aliphatic rings. The zero-order valence-electron chi connectivity index (χ0n) is 9.61. The predicted octanol–water partition coefficient (Wildman–Crippen LogP) is 1.55. The van der Waals surface area contributed by atoms with Gasteiger partial charge in [0.2, 0.25) is 0 Å². The minimum absolute atomic E-state index is 0.270. The third kappa shape index (κ3) is 3.24. The summed E-state index contributed by atoms with van der Waals surface area (Å²) >= 11 is 1.43. The van der Waals surface area contributed by atoms with Gasteiger partial charge >= 0.3 is 5.97 Å². The van der Waals surface area contributed by atoms with Gasteiger partial charge in [-0.2, -0.15) is 0 Å². The van der Waals surface area contributed by atoms with E-state index in [0.717, 1.165) is 5.69 Å². The molecule has 6 nitrogen and oxygen atoms in total. The van der Waals surface area contributed by atoms with Gasteiger partial charge in [-0.25, -0.2) is 9.78 Å². The van der Waals surface area contributed by atoms with Crippen molar-refractivity contribution in [1.29, 1.82) is 0 Å². The van der Waals surface area contributed by atoms with E-state index in [4.69, 9.17) is 9.63 Å². The van der Waals surface area contributed by atoms with Crippen LogP contribution in [0.25, 0.3) is 0 Å². The molecule has 0 aliphatic carbocycles. The molecular weight excluding hydrogens is 254 g/mol. The first kappa shape index (κ1) is 12.4. The van der Waals surface area contributed by atoms with Gasteiger partial charge < -0.3 is 9.63 Å². The van der Waals surface area contributed by atoms with Gasteiger partial charge in [0.15, 0.2) is 6.04 Å². The monoisotopic (exact) mass is 265 g/mol. The Kier molecular flexibility index (Phi) is 3.83. The molecule has 0 radical (unpaired) electrons. The van der Waals surface area contributed by atoms with Gasteiger partial charge in [-0.3, -0.25) is 4.99 Å². The largest absolute Gasteiger partial charge is 0.480 e. The summed E-state index contributed by atoms with van der Waals surface area (Å²) in [6.07, 6.45) is 1.67. The van der Waals surface area contributed by atoms with Crippen molar-refractivity contribution in [3.63, 3.8) is 0 Å². The van der Waals surface area contributed by atoms with Crippen molar-refractivity contribution in [3.05, 3.63) is 34.1 Å². The Morgan fingerprint density at radius 2 is 2.56 bits per heavy atom. The van der Waals surface area contributed by atoms with E-state index in [9.17, 15) is 4.79 Å². The highest BCUT2D eigenvalue weighted by Gasteiger charge is 2.17. The fraction of sp³-hybridized carbons (Fsp3) is 0.273. The van der Waals surface area contributed by atoms with Crippen molar-refractivity contribution in [2.24, 2.45) is 4.99 Å². The van der Waals surface area contributed by atoms with Gasteiger partial charge in [-0.1, -0.05) is 5.16 Å². The van der Waals surface area contributed by atoms with Gasteiger partial charge in [0.1, 0.15) is 11.5 Å². The van der Waals surface area contributed by atoms with E-state index < -0.39 is 12.0 Å². The maximum atomic E-state index is 11.1. The average molecular weight is 265 g/mol. The number of nitrogens with zero attached hydrogens (tertiary/aromatic N) is 3. The van der Waals surface area contributed by atoms with Gasteiger partial charge in [0, 0.05) is 17.9 Å². The summed E-state index contributed by atoms with van der Waals surface area (Å²) in [6.45, 7) is 1.76. The molecule has 0 fully saturated rings. The molecule has 2 aromatic rings. The predicted molar refractivity (Wildman–Crippen MR) is 66.1 cm³/mol. The number of carbonyl (C=O) groups is 1. The first-order valence-electron chi connectivity index (χ1n) is 5.21. The number of aliphatic carboxylic acids is 1. The maximum absolute atomic E-state index is 11.1. The fourth-order valence-corrected chi connectivity index (χ4v) is 1.92. The number of aryl methyl sites for hydroxylation is 1. The zero-order valence-corrected chi connectivity index (χ0v) is 10.4. The molecule has 0 saturated heterocycles. The second-order valence-electron chi connectivity index (χ2n) is 3.68. The number of thiazole rings is 1. The Balaban J connectivity index is 2.06. The van der Waals surface area contributed by atoms with E-state index in [1.54, 1.807) is 18.5 Å². The minimum atomic E-state index is -0.987. The van der Waals surface area contributed by atoms with Gasteiger partial charge in [-0.15, -0.1) is 11.3 Å². The van der Waals surface area contributed by atoms with Crippen molar-refractivity contribution in [2.45, 2.75) is 19.4 Å². The average Bonchev–Trinajstić information content (AvgIpc) is 2.95. The quantitative estimate of drug-likeness (QED) is 0.828. The summed E-state index contributed by atoms with van der Waals surface area (Å²) in [6, 6.07) is 0.828. The highest BCUT2D eigenvalue weighted by Crippen LogP contribution is 2.07. The zero-order chi connectivity index (χ0) is 13.0. The Hall–Kier alpha value is -2.02. The molecule has 2 aromatic heterocycles. The van der Waals surface area contributed by atoms with Crippen LogP contribution in [0, 0.1) is 6.92 Å². The van der Waals surface area contributed by atoms with Gasteiger partial charge in [-0.05, 0) is 6.92 Å². The van der Waals surface area contributed by atoms with Crippen molar-refractivity contribution >= 4 is 23.5 Å². The molecule has 0 spiro atoms. The molecule has 2 heterocycles. The lowest BCUT2D eigenvalue weighted by Crippen LogP contribution is -2.21. The third-order valence-electron chi connectivity index (χ3n) is 2.20. The summed E-state index contributed by atoms with van der Waals surface area (Å²) in [5.41, 5.74) is 2.90. The molecule has 0 bridgehead atoms. The molecule has 0 aromatic carbocycles. The van der Waals surface area contributed by atoms with E-state index in [1.807, 2.05) is 5.38 Å². The minimum Gasteiger partial charge on any atom is -0.480 e. The fourth-order valence-electron chi connectivity index (χ4n) is 1.35. The number of rotatable bonds is 5. The molecule has 0 aliphatic heterocycles. The molecule has 1 N–H and O–H groups in total. The molecule has 0 saturated carbocycles. The SMILES string of the molecule is Cc1cc(C=NC(Cc2cscn2)C(=O)O)no1. The highest BCUT2D eigenvalue weighted by molar-refractivity contribution is 7.07. The van der Waals surface area contributed by atoms with Crippen LogP contribution in [0.15, 0.2) is 26.5 Å². The molecular formula is C11H11N3O3S. The lowest BCUT2D eigenvalue weighted by atomic mass is 10.2. The summed E-state index contributed by atoms with van der Waals surface area (Å²) in [4.78, 5) is 19.1. The van der Waals surface area contributed by atoms with Crippen molar-refractivity contribution < 1.29 is 14.4 Å². The number of carboxylic acid groups (broad SMARTS) is 1. The van der Waals surface area contributed by atoms with E-state index in [1.165, 1.54) is 17.6 Å². The first-order valence-corrected chi connectivity index (χ1v) is 6.16. The Morgan fingerprint density at radius 1 is 1.72 bits per heavy atom. The molecule has 1 unspecified atom stereocenters. The molecule has 94 valence electrons. The Labute approximate surface area is 107 Å². The first-order chi connectivity index (χ1) is 8.65. The van der Waals surface area contributed by atoms with Gasteiger partial charge in [0.05, 0.1) is 17.4 Å².